The summed E-state index contributed by atoms with van der Waals surface area (Å²) in [7, 11) is 0. The molecule has 0 fully saturated rings. The van der Waals surface area contributed by atoms with E-state index in [-0.39, 0.29) is 5.92 Å². The standard InChI is InChI=1S/C17H21F3O/c1-4-7-13(8-5-2)15-12-14(17(18,19)20)9-10-16(15)21-11-6-3/h1,9-10,12-13H,5-8,11H2,2-3H3. The minimum absolute atomic E-state index is 0.103. The second-order valence-electron chi connectivity index (χ2n) is 4.99. The van der Waals surface area contributed by atoms with Gasteiger partial charge < -0.3 is 4.74 Å². The molecule has 1 aromatic rings. The van der Waals surface area contributed by atoms with Gasteiger partial charge in [-0.15, -0.1) is 12.3 Å². The van der Waals surface area contributed by atoms with Crippen LogP contribution in [0, 0.1) is 12.3 Å². The lowest BCUT2D eigenvalue weighted by atomic mass is 9.89. The summed E-state index contributed by atoms with van der Waals surface area (Å²) in [4.78, 5) is 0. The Morgan fingerprint density at radius 3 is 2.48 bits per heavy atom. The minimum atomic E-state index is -4.36. The Labute approximate surface area is 124 Å². The molecule has 0 radical (unpaired) electrons. The monoisotopic (exact) mass is 298 g/mol. The molecule has 0 aromatic heterocycles. The molecule has 1 aromatic carbocycles. The van der Waals surface area contributed by atoms with E-state index >= 15 is 0 Å². The van der Waals surface area contributed by atoms with Crippen molar-refractivity contribution in [2.45, 2.75) is 51.6 Å². The van der Waals surface area contributed by atoms with E-state index in [1.807, 2.05) is 13.8 Å². The second-order valence-corrected chi connectivity index (χ2v) is 4.99. The molecule has 1 atom stereocenters. The molecule has 0 amide bonds. The van der Waals surface area contributed by atoms with E-state index in [0.717, 1.165) is 25.3 Å². The van der Waals surface area contributed by atoms with E-state index in [0.29, 0.717) is 24.3 Å². The van der Waals surface area contributed by atoms with Gasteiger partial charge in [0.15, 0.2) is 0 Å². The highest BCUT2D eigenvalue weighted by Gasteiger charge is 2.32. The molecule has 1 unspecified atom stereocenters. The van der Waals surface area contributed by atoms with Gasteiger partial charge in [0.1, 0.15) is 5.75 Å². The zero-order chi connectivity index (χ0) is 15.9. The number of hydrogen-bond acceptors (Lipinski definition) is 1. The van der Waals surface area contributed by atoms with Crippen LogP contribution in [0.3, 0.4) is 0 Å². The molecule has 0 saturated carbocycles. The number of benzene rings is 1. The van der Waals surface area contributed by atoms with E-state index in [9.17, 15) is 13.2 Å². The summed E-state index contributed by atoms with van der Waals surface area (Å²) < 4.78 is 44.3. The first-order valence-corrected chi connectivity index (χ1v) is 7.21. The highest BCUT2D eigenvalue weighted by molar-refractivity contribution is 5.41. The van der Waals surface area contributed by atoms with Gasteiger partial charge in [0, 0.05) is 6.42 Å². The van der Waals surface area contributed by atoms with Crippen LogP contribution in [0.5, 0.6) is 5.75 Å². The van der Waals surface area contributed by atoms with Crippen LogP contribution in [-0.4, -0.2) is 6.61 Å². The zero-order valence-corrected chi connectivity index (χ0v) is 12.5. The van der Waals surface area contributed by atoms with Crippen molar-refractivity contribution < 1.29 is 17.9 Å². The van der Waals surface area contributed by atoms with Crippen molar-refractivity contribution in [1.82, 2.24) is 0 Å². The maximum absolute atomic E-state index is 12.9. The molecule has 0 aliphatic heterocycles. The summed E-state index contributed by atoms with van der Waals surface area (Å²) in [6.45, 7) is 4.42. The van der Waals surface area contributed by atoms with Crippen molar-refractivity contribution in [2.24, 2.45) is 0 Å². The van der Waals surface area contributed by atoms with Crippen molar-refractivity contribution >= 4 is 0 Å². The molecule has 0 heterocycles. The first kappa shape index (κ1) is 17.4. The highest BCUT2D eigenvalue weighted by Crippen LogP contribution is 2.38. The van der Waals surface area contributed by atoms with Crippen molar-refractivity contribution in [1.29, 1.82) is 0 Å². The van der Waals surface area contributed by atoms with Crippen LogP contribution in [0.2, 0.25) is 0 Å². The van der Waals surface area contributed by atoms with Crippen LogP contribution in [0.25, 0.3) is 0 Å². The molecule has 21 heavy (non-hydrogen) atoms. The normalized spacial score (nSPS) is 12.8. The van der Waals surface area contributed by atoms with Crippen LogP contribution in [-0.2, 0) is 6.18 Å². The summed E-state index contributed by atoms with van der Waals surface area (Å²) in [5.74, 6) is 2.97. The third kappa shape index (κ3) is 5.00. The molecule has 0 aliphatic carbocycles. The van der Waals surface area contributed by atoms with Gasteiger partial charge in [-0.1, -0.05) is 20.3 Å². The van der Waals surface area contributed by atoms with Gasteiger partial charge >= 0.3 is 6.18 Å². The fraction of sp³-hybridized carbons (Fsp3) is 0.529. The smallest absolute Gasteiger partial charge is 0.416 e. The molecule has 0 saturated heterocycles. The molecule has 0 N–H and O–H groups in total. The third-order valence-corrected chi connectivity index (χ3v) is 3.24. The molecular weight excluding hydrogens is 277 g/mol. The predicted octanol–water partition coefficient (Wildman–Crippen LogP) is 5.40. The molecular formula is C17H21F3O. The van der Waals surface area contributed by atoms with Crippen LogP contribution < -0.4 is 4.74 Å². The summed E-state index contributed by atoms with van der Waals surface area (Å²) in [6, 6.07) is 3.66. The SMILES string of the molecule is C#CCC(CCC)c1cc(C(F)(F)F)ccc1OCCC. The summed E-state index contributed by atoms with van der Waals surface area (Å²) in [5, 5.41) is 0. The van der Waals surface area contributed by atoms with Crippen molar-refractivity contribution in [2.75, 3.05) is 6.61 Å². The Morgan fingerprint density at radius 2 is 1.95 bits per heavy atom. The van der Waals surface area contributed by atoms with Gasteiger partial charge in [-0.05, 0) is 42.5 Å². The number of alkyl halides is 3. The molecule has 1 rings (SSSR count). The average molecular weight is 298 g/mol. The fourth-order valence-corrected chi connectivity index (χ4v) is 2.25. The number of hydrogen-bond donors (Lipinski definition) is 0. The van der Waals surface area contributed by atoms with E-state index in [1.54, 1.807) is 0 Å². The van der Waals surface area contributed by atoms with E-state index < -0.39 is 11.7 Å². The van der Waals surface area contributed by atoms with Crippen LogP contribution in [0.15, 0.2) is 18.2 Å². The maximum Gasteiger partial charge on any atom is 0.416 e. The quantitative estimate of drug-likeness (QED) is 0.612. The molecule has 4 heteroatoms. The Kier molecular flexibility index (Phi) is 6.61. The first-order chi connectivity index (χ1) is 9.93. The van der Waals surface area contributed by atoms with Crippen LogP contribution in [0.1, 0.15) is 56.6 Å². The molecule has 0 spiro atoms. The Hall–Kier alpha value is -1.63. The first-order valence-electron chi connectivity index (χ1n) is 7.21. The Morgan fingerprint density at radius 1 is 1.24 bits per heavy atom. The molecule has 0 bridgehead atoms. The van der Waals surface area contributed by atoms with Crippen molar-refractivity contribution in [3.63, 3.8) is 0 Å². The number of terminal acetylenes is 1. The Bertz CT molecular complexity index is 486. The van der Waals surface area contributed by atoms with Crippen LogP contribution >= 0.6 is 0 Å². The predicted molar refractivity (Wildman–Crippen MR) is 78.3 cm³/mol. The lowest BCUT2D eigenvalue weighted by Crippen LogP contribution is -2.09. The molecule has 1 nitrogen and oxygen atoms in total. The van der Waals surface area contributed by atoms with Gasteiger partial charge in [-0.25, -0.2) is 0 Å². The van der Waals surface area contributed by atoms with Gasteiger partial charge in [0.05, 0.1) is 12.2 Å². The van der Waals surface area contributed by atoms with Crippen molar-refractivity contribution in [3.8, 4) is 18.1 Å². The van der Waals surface area contributed by atoms with Gasteiger partial charge in [0.2, 0.25) is 0 Å². The van der Waals surface area contributed by atoms with E-state index in [1.165, 1.54) is 12.1 Å². The lowest BCUT2D eigenvalue weighted by molar-refractivity contribution is -0.137. The van der Waals surface area contributed by atoms with E-state index in [2.05, 4.69) is 5.92 Å². The molecule has 0 aliphatic rings. The Balaban J connectivity index is 3.22. The van der Waals surface area contributed by atoms with E-state index in [4.69, 9.17) is 11.2 Å². The van der Waals surface area contributed by atoms with Crippen molar-refractivity contribution in [3.05, 3.63) is 29.3 Å². The molecule has 116 valence electrons. The highest BCUT2D eigenvalue weighted by atomic mass is 19.4. The fourth-order valence-electron chi connectivity index (χ4n) is 2.25. The third-order valence-electron chi connectivity index (χ3n) is 3.24. The van der Waals surface area contributed by atoms with Gasteiger partial charge in [0.25, 0.3) is 0 Å². The number of halogens is 3. The lowest BCUT2D eigenvalue weighted by Gasteiger charge is -2.20. The minimum Gasteiger partial charge on any atom is -0.493 e. The van der Waals surface area contributed by atoms with Crippen LogP contribution in [0.4, 0.5) is 13.2 Å². The number of rotatable bonds is 7. The largest absolute Gasteiger partial charge is 0.493 e. The second kappa shape index (κ2) is 7.97. The summed E-state index contributed by atoms with van der Waals surface area (Å²) in [5.41, 5.74) is -0.0856. The summed E-state index contributed by atoms with van der Waals surface area (Å²) in [6.07, 6.45) is 3.82. The zero-order valence-electron chi connectivity index (χ0n) is 12.5. The topological polar surface area (TPSA) is 9.23 Å². The number of ether oxygens (including phenoxy) is 1. The van der Waals surface area contributed by atoms with Gasteiger partial charge in [-0.3, -0.25) is 0 Å². The maximum atomic E-state index is 12.9. The van der Waals surface area contributed by atoms with Gasteiger partial charge in [-0.2, -0.15) is 13.2 Å². The average Bonchev–Trinajstić information content (AvgIpc) is 2.43. The summed E-state index contributed by atoms with van der Waals surface area (Å²) >= 11 is 0.